The predicted octanol–water partition coefficient (Wildman–Crippen LogP) is 6.99. The number of rotatable bonds is 12. The summed E-state index contributed by atoms with van der Waals surface area (Å²) in [5.74, 6) is 0.114. The Bertz CT molecular complexity index is 1240. The first-order valence-electron chi connectivity index (χ1n) is 12.5. The van der Waals surface area contributed by atoms with Gasteiger partial charge in [0, 0.05) is 11.6 Å². The lowest BCUT2D eigenvalue weighted by atomic mass is 9.99. The van der Waals surface area contributed by atoms with Gasteiger partial charge in [-0.1, -0.05) is 86.7 Å². The lowest BCUT2D eigenvalue weighted by Gasteiger charge is -2.27. The molecule has 3 aromatic rings. The van der Waals surface area contributed by atoms with Gasteiger partial charge >= 0.3 is 0 Å². The van der Waals surface area contributed by atoms with E-state index in [0.717, 1.165) is 36.8 Å². The Balaban J connectivity index is 1.99. The van der Waals surface area contributed by atoms with Gasteiger partial charge in [0.05, 0.1) is 22.7 Å². The van der Waals surface area contributed by atoms with Crippen LogP contribution in [0, 0.1) is 12.8 Å². The molecular weight excluding hydrogens is 492 g/mol. The number of hydrogen-bond acceptors (Lipinski definition) is 3. The Hall–Kier alpha value is -2.83. The number of para-hydroxylation sites is 1. The summed E-state index contributed by atoms with van der Waals surface area (Å²) in [6, 6.07) is 20.7. The first kappa shape index (κ1) is 27.8. The number of carbonyl (C=O) groups is 1. The highest BCUT2D eigenvalue weighted by Gasteiger charge is 2.28. The Kier molecular flexibility index (Phi) is 9.97. The van der Waals surface area contributed by atoms with Crippen molar-refractivity contribution in [3.8, 4) is 0 Å². The van der Waals surface area contributed by atoms with E-state index in [1.807, 2.05) is 6.92 Å². The van der Waals surface area contributed by atoms with E-state index in [1.165, 1.54) is 4.31 Å². The minimum Gasteiger partial charge on any atom is -0.352 e. The number of aryl methyl sites for hydroxylation is 1. The second kappa shape index (κ2) is 12.9. The van der Waals surface area contributed by atoms with Crippen LogP contribution in [0.25, 0.3) is 0 Å². The number of unbranched alkanes of at least 4 members (excludes halogenated alkanes) is 1. The van der Waals surface area contributed by atoms with E-state index >= 15 is 0 Å². The third-order valence-corrected chi connectivity index (χ3v) is 8.39. The standard InChI is InChI=1S/C29H35ClN2O3S/c1-4-6-9-23(5-2)20-31-29(33)27-10-7-8-11-28(27)32(21-24-14-16-25(30)17-15-24)36(34,35)26-18-12-22(3)13-19-26/h7-8,10-19,23H,4-6,9,20-21H2,1-3H3,(H,31,33)/t23-/m0/s1. The summed E-state index contributed by atoms with van der Waals surface area (Å²) >= 11 is 6.05. The zero-order valence-corrected chi connectivity index (χ0v) is 22.8. The van der Waals surface area contributed by atoms with Crippen LogP contribution < -0.4 is 9.62 Å². The Morgan fingerprint density at radius 3 is 2.28 bits per heavy atom. The maximum Gasteiger partial charge on any atom is 0.264 e. The maximum absolute atomic E-state index is 13.9. The first-order chi connectivity index (χ1) is 17.3. The van der Waals surface area contributed by atoms with Gasteiger partial charge in [-0.2, -0.15) is 0 Å². The summed E-state index contributed by atoms with van der Waals surface area (Å²) in [5.41, 5.74) is 2.39. The third kappa shape index (κ3) is 7.11. The highest BCUT2D eigenvalue weighted by atomic mass is 35.5. The summed E-state index contributed by atoms with van der Waals surface area (Å²) in [6.45, 7) is 6.82. The van der Waals surface area contributed by atoms with E-state index < -0.39 is 10.0 Å². The average Bonchev–Trinajstić information content (AvgIpc) is 2.88. The van der Waals surface area contributed by atoms with Crippen LogP contribution >= 0.6 is 11.6 Å². The quantitative estimate of drug-likeness (QED) is 0.276. The van der Waals surface area contributed by atoms with Crippen LogP contribution in [0.2, 0.25) is 5.02 Å². The molecule has 0 saturated carbocycles. The summed E-state index contributed by atoms with van der Waals surface area (Å²) in [5, 5.41) is 3.62. The van der Waals surface area contributed by atoms with Crippen LogP contribution in [-0.4, -0.2) is 20.9 Å². The van der Waals surface area contributed by atoms with Crippen molar-refractivity contribution < 1.29 is 13.2 Å². The van der Waals surface area contributed by atoms with E-state index in [0.29, 0.717) is 28.7 Å². The second-order valence-electron chi connectivity index (χ2n) is 9.09. The van der Waals surface area contributed by atoms with Crippen molar-refractivity contribution in [2.75, 3.05) is 10.8 Å². The number of sulfonamides is 1. The molecule has 1 atom stereocenters. The normalized spacial score (nSPS) is 12.2. The van der Waals surface area contributed by atoms with Crippen LogP contribution in [0.15, 0.2) is 77.7 Å². The van der Waals surface area contributed by atoms with Gasteiger partial charge in [-0.25, -0.2) is 8.42 Å². The Labute approximate surface area is 220 Å². The molecule has 3 aromatic carbocycles. The Morgan fingerprint density at radius 2 is 1.64 bits per heavy atom. The van der Waals surface area contributed by atoms with E-state index in [2.05, 4.69) is 19.2 Å². The van der Waals surface area contributed by atoms with Crippen molar-refractivity contribution in [1.82, 2.24) is 5.32 Å². The van der Waals surface area contributed by atoms with Crippen LogP contribution in [-0.2, 0) is 16.6 Å². The van der Waals surface area contributed by atoms with Crippen molar-refractivity contribution >= 4 is 33.2 Å². The molecule has 7 heteroatoms. The molecule has 0 fully saturated rings. The topological polar surface area (TPSA) is 66.5 Å². The SMILES string of the molecule is CCCC[C@H](CC)CNC(=O)c1ccccc1N(Cc1ccc(Cl)cc1)S(=O)(=O)c1ccc(C)cc1. The number of nitrogens with zero attached hydrogens (tertiary/aromatic N) is 1. The molecule has 0 aliphatic heterocycles. The average molecular weight is 527 g/mol. The monoisotopic (exact) mass is 526 g/mol. The maximum atomic E-state index is 13.9. The number of anilines is 1. The number of hydrogen-bond donors (Lipinski definition) is 1. The largest absolute Gasteiger partial charge is 0.352 e. The molecule has 5 nitrogen and oxygen atoms in total. The van der Waals surface area contributed by atoms with Crippen LogP contribution in [0.5, 0.6) is 0 Å². The molecule has 0 aromatic heterocycles. The van der Waals surface area contributed by atoms with Crippen molar-refractivity contribution in [3.05, 3.63) is 94.5 Å². The van der Waals surface area contributed by atoms with E-state index in [4.69, 9.17) is 11.6 Å². The summed E-state index contributed by atoms with van der Waals surface area (Å²) in [4.78, 5) is 13.5. The van der Waals surface area contributed by atoms with Crippen LogP contribution in [0.3, 0.4) is 0 Å². The summed E-state index contributed by atoms with van der Waals surface area (Å²) in [6.07, 6.45) is 4.27. The molecule has 0 radical (unpaired) electrons. The molecule has 1 N–H and O–H groups in total. The molecular formula is C29H35ClN2O3S. The highest BCUT2D eigenvalue weighted by Crippen LogP contribution is 2.30. The zero-order valence-electron chi connectivity index (χ0n) is 21.2. The van der Waals surface area contributed by atoms with Crippen molar-refractivity contribution in [2.45, 2.75) is 57.9 Å². The van der Waals surface area contributed by atoms with Gasteiger partial charge in [-0.15, -0.1) is 0 Å². The van der Waals surface area contributed by atoms with Crippen molar-refractivity contribution in [1.29, 1.82) is 0 Å². The van der Waals surface area contributed by atoms with E-state index in [-0.39, 0.29) is 17.3 Å². The molecule has 0 spiro atoms. The lowest BCUT2D eigenvalue weighted by Crippen LogP contribution is -2.34. The van der Waals surface area contributed by atoms with E-state index in [9.17, 15) is 13.2 Å². The van der Waals surface area contributed by atoms with Crippen LogP contribution in [0.1, 0.15) is 61.0 Å². The number of halogens is 1. The van der Waals surface area contributed by atoms with Crippen molar-refractivity contribution in [2.24, 2.45) is 5.92 Å². The second-order valence-corrected chi connectivity index (χ2v) is 11.4. The van der Waals surface area contributed by atoms with Crippen LogP contribution in [0.4, 0.5) is 5.69 Å². The van der Waals surface area contributed by atoms with Gasteiger partial charge in [0.25, 0.3) is 15.9 Å². The predicted molar refractivity (Wildman–Crippen MR) is 148 cm³/mol. The van der Waals surface area contributed by atoms with E-state index in [1.54, 1.807) is 72.8 Å². The van der Waals surface area contributed by atoms with Gasteiger partial charge in [-0.05, 0) is 61.2 Å². The molecule has 3 rings (SSSR count). The smallest absolute Gasteiger partial charge is 0.264 e. The summed E-state index contributed by atoms with van der Waals surface area (Å²) < 4.78 is 29.1. The molecule has 0 unspecified atom stereocenters. The van der Waals surface area contributed by atoms with Gasteiger partial charge in [-0.3, -0.25) is 9.10 Å². The molecule has 0 aliphatic carbocycles. The molecule has 0 aliphatic rings. The lowest BCUT2D eigenvalue weighted by molar-refractivity contribution is 0.0946. The number of carbonyl (C=O) groups excluding carboxylic acids is 1. The fourth-order valence-electron chi connectivity index (χ4n) is 4.05. The zero-order chi connectivity index (χ0) is 26.1. The minimum absolute atomic E-state index is 0.0613. The molecule has 0 heterocycles. The van der Waals surface area contributed by atoms with Gasteiger partial charge in [0.15, 0.2) is 0 Å². The first-order valence-corrected chi connectivity index (χ1v) is 14.3. The fraction of sp³-hybridized carbons (Fsp3) is 0.345. The highest BCUT2D eigenvalue weighted by molar-refractivity contribution is 7.92. The molecule has 0 saturated heterocycles. The molecule has 36 heavy (non-hydrogen) atoms. The molecule has 0 bridgehead atoms. The van der Waals surface area contributed by atoms with Crippen molar-refractivity contribution in [3.63, 3.8) is 0 Å². The van der Waals surface area contributed by atoms with Gasteiger partial charge < -0.3 is 5.32 Å². The molecule has 1 amide bonds. The van der Waals surface area contributed by atoms with Gasteiger partial charge in [0.1, 0.15) is 0 Å². The minimum atomic E-state index is -3.96. The molecule has 192 valence electrons. The fourth-order valence-corrected chi connectivity index (χ4v) is 5.65. The number of nitrogens with one attached hydrogen (secondary N) is 1. The van der Waals surface area contributed by atoms with Gasteiger partial charge in [0.2, 0.25) is 0 Å². The summed E-state index contributed by atoms with van der Waals surface area (Å²) in [7, 11) is -3.96. The Morgan fingerprint density at radius 1 is 0.972 bits per heavy atom. The number of amides is 1. The number of benzene rings is 3. The third-order valence-electron chi connectivity index (χ3n) is 6.36.